The highest BCUT2D eigenvalue weighted by atomic mass is 16.3. The van der Waals surface area contributed by atoms with E-state index in [1.807, 2.05) is 0 Å². The average Bonchev–Trinajstić information content (AvgIpc) is 2.99. The second-order valence-electron chi connectivity index (χ2n) is 9.71. The predicted octanol–water partition coefficient (Wildman–Crippen LogP) is 6.49. The lowest BCUT2D eigenvalue weighted by Crippen LogP contribution is -2.50. The SMILES string of the molecule is Cc1ccc2c(c1)oc1c3c(ccc12)C1(C)CC1(C)C1N(C)c2ccccc2N31. The number of fused-ring (bicyclic) bond motifs is 12. The van der Waals surface area contributed by atoms with Gasteiger partial charge in [-0.15, -0.1) is 0 Å². The number of hydrogen-bond acceptors (Lipinski definition) is 3. The lowest BCUT2D eigenvalue weighted by atomic mass is 9.81. The summed E-state index contributed by atoms with van der Waals surface area (Å²) in [6, 6.07) is 20.0. The van der Waals surface area contributed by atoms with Gasteiger partial charge in [0, 0.05) is 28.7 Å². The first-order chi connectivity index (χ1) is 13.9. The van der Waals surface area contributed by atoms with Gasteiger partial charge in [-0.2, -0.15) is 0 Å². The Morgan fingerprint density at radius 3 is 2.55 bits per heavy atom. The number of aryl methyl sites for hydroxylation is 1. The van der Waals surface area contributed by atoms with Crippen molar-refractivity contribution in [3.63, 3.8) is 0 Å². The van der Waals surface area contributed by atoms with Crippen molar-refractivity contribution >= 4 is 39.0 Å². The third-order valence-corrected chi connectivity index (χ3v) is 8.16. The maximum atomic E-state index is 6.57. The molecule has 1 aromatic heterocycles. The van der Waals surface area contributed by atoms with Crippen molar-refractivity contribution in [1.29, 1.82) is 0 Å². The van der Waals surface area contributed by atoms with E-state index in [4.69, 9.17) is 4.42 Å². The first-order valence-electron chi connectivity index (χ1n) is 10.5. The summed E-state index contributed by atoms with van der Waals surface area (Å²) < 4.78 is 6.57. The van der Waals surface area contributed by atoms with Crippen molar-refractivity contribution in [2.75, 3.05) is 16.8 Å². The van der Waals surface area contributed by atoms with Crippen LogP contribution in [0, 0.1) is 12.3 Å². The van der Waals surface area contributed by atoms with Gasteiger partial charge >= 0.3 is 0 Å². The molecule has 3 aromatic carbocycles. The quantitative estimate of drug-likeness (QED) is 0.348. The summed E-state index contributed by atoms with van der Waals surface area (Å²) in [4.78, 5) is 5.05. The molecule has 3 heterocycles. The van der Waals surface area contributed by atoms with Gasteiger partial charge in [-0.3, -0.25) is 0 Å². The number of para-hydroxylation sites is 2. The van der Waals surface area contributed by atoms with Crippen molar-refractivity contribution in [3.05, 3.63) is 65.7 Å². The number of rotatable bonds is 0. The number of nitrogens with zero attached hydrogens (tertiary/aromatic N) is 2. The molecule has 29 heavy (non-hydrogen) atoms. The van der Waals surface area contributed by atoms with Gasteiger partial charge in [-0.25, -0.2) is 0 Å². The van der Waals surface area contributed by atoms with Gasteiger partial charge in [-0.05, 0) is 42.7 Å². The average molecular weight is 380 g/mol. The van der Waals surface area contributed by atoms with Crippen molar-refractivity contribution in [2.45, 2.75) is 38.8 Å². The van der Waals surface area contributed by atoms with E-state index in [0.29, 0.717) is 6.17 Å². The normalized spacial score (nSPS) is 29.0. The van der Waals surface area contributed by atoms with E-state index in [2.05, 4.69) is 92.2 Å². The molecular formula is C26H24N2O. The zero-order chi connectivity index (χ0) is 19.7. The molecule has 0 spiro atoms. The zero-order valence-electron chi connectivity index (χ0n) is 17.3. The summed E-state index contributed by atoms with van der Waals surface area (Å²) in [6.45, 7) is 7.03. The Bertz CT molecular complexity index is 1370. The standard InChI is InChI=1S/C26H24N2O/c1-15-9-10-16-17-11-12-18-22(23(17)29-21(16)13-15)28-20-8-6-5-7-19(20)27(4)24(28)26(3)14-25(18,26)2/h5-13,24H,14H2,1-4H3. The number of benzene rings is 3. The minimum atomic E-state index is 0.183. The van der Waals surface area contributed by atoms with Crippen molar-refractivity contribution < 1.29 is 4.42 Å². The molecule has 0 bridgehead atoms. The molecule has 3 unspecified atom stereocenters. The molecule has 3 atom stereocenters. The lowest BCUT2D eigenvalue weighted by Gasteiger charge is -2.43. The van der Waals surface area contributed by atoms with Gasteiger partial charge in [-0.1, -0.05) is 50.2 Å². The van der Waals surface area contributed by atoms with Crippen LogP contribution < -0.4 is 9.80 Å². The molecule has 0 N–H and O–H groups in total. The van der Waals surface area contributed by atoms with Crippen LogP contribution in [0.3, 0.4) is 0 Å². The summed E-state index contributed by atoms with van der Waals surface area (Å²) >= 11 is 0. The fourth-order valence-corrected chi connectivity index (χ4v) is 6.44. The van der Waals surface area contributed by atoms with Gasteiger partial charge < -0.3 is 14.2 Å². The highest BCUT2D eigenvalue weighted by molar-refractivity contribution is 6.11. The third kappa shape index (κ3) is 1.61. The lowest BCUT2D eigenvalue weighted by molar-refractivity contribution is 0.365. The molecule has 1 fully saturated rings. The topological polar surface area (TPSA) is 19.6 Å². The summed E-state index contributed by atoms with van der Waals surface area (Å²) in [7, 11) is 2.25. The van der Waals surface area contributed by atoms with Crippen LogP contribution in [0.4, 0.5) is 17.1 Å². The van der Waals surface area contributed by atoms with Crippen LogP contribution in [-0.4, -0.2) is 13.2 Å². The third-order valence-electron chi connectivity index (χ3n) is 8.16. The van der Waals surface area contributed by atoms with E-state index < -0.39 is 0 Å². The first kappa shape index (κ1) is 15.9. The molecule has 3 aliphatic rings. The fourth-order valence-electron chi connectivity index (χ4n) is 6.44. The van der Waals surface area contributed by atoms with Crippen molar-refractivity contribution in [2.24, 2.45) is 5.41 Å². The number of hydrogen-bond donors (Lipinski definition) is 0. The monoisotopic (exact) mass is 380 g/mol. The second-order valence-corrected chi connectivity index (χ2v) is 9.71. The molecule has 1 aliphatic carbocycles. The van der Waals surface area contributed by atoms with Gasteiger partial charge in [0.05, 0.1) is 17.1 Å². The van der Waals surface area contributed by atoms with Gasteiger partial charge in [0.2, 0.25) is 0 Å². The summed E-state index contributed by atoms with van der Waals surface area (Å²) in [5, 5.41) is 2.43. The van der Waals surface area contributed by atoms with E-state index in [9.17, 15) is 0 Å². The van der Waals surface area contributed by atoms with E-state index in [0.717, 1.165) is 11.2 Å². The van der Waals surface area contributed by atoms with E-state index in [1.165, 1.54) is 45.4 Å². The molecule has 2 aliphatic heterocycles. The van der Waals surface area contributed by atoms with Crippen molar-refractivity contribution in [1.82, 2.24) is 0 Å². The largest absolute Gasteiger partial charge is 0.454 e. The molecule has 0 amide bonds. The molecule has 3 heteroatoms. The minimum Gasteiger partial charge on any atom is -0.454 e. The highest BCUT2D eigenvalue weighted by Gasteiger charge is 2.72. The number of anilines is 3. The van der Waals surface area contributed by atoms with Crippen LogP contribution in [0.25, 0.3) is 21.9 Å². The molecule has 7 rings (SSSR count). The fraction of sp³-hybridized carbons (Fsp3) is 0.308. The Kier molecular flexibility index (Phi) is 2.53. The molecule has 0 saturated heterocycles. The smallest absolute Gasteiger partial charge is 0.159 e. The Morgan fingerprint density at radius 1 is 0.966 bits per heavy atom. The van der Waals surface area contributed by atoms with Crippen LogP contribution in [0.1, 0.15) is 31.4 Å². The van der Waals surface area contributed by atoms with Crippen LogP contribution in [-0.2, 0) is 5.41 Å². The maximum absolute atomic E-state index is 6.57. The number of furan rings is 1. The van der Waals surface area contributed by atoms with Crippen LogP contribution in [0.5, 0.6) is 0 Å². The van der Waals surface area contributed by atoms with Crippen LogP contribution in [0.2, 0.25) is 0 Å². The summed E-state index contributed by atoms with van der Waals surface area (Å²) in [5.74, 6) is 0. The van der Waals surface area contributed by atoms with Crippen molar-refractivity contribution in [3.8, 4) is 0 Å². The highest BCUT2D eigenvalue weighted by Crippen LogP contribution is 2.75. The molecule has 1 saturated carbocycles. The predicted molar refractivity (Wildman–Crippen MR) is 119 cm³/mol. The summed E-state index contributed by atoms with van der Waals surface area (Å²) in [5.41, 5.74) is 8.97. The second kappa shape index (κ2) is 4.62. The zero-order valence-corrected chi connectivity index (χ0v) is 17.3. The maximum Gasteiger partial charge on any atom is 0.159 e. The first-order valence-corrected chi connectivity index (χ1v) is 10.5. The van der Waals surface area contributed by atoms with Crippen LogP contribution in [0.15, 0.2) is 59.0 Å². The molecule has 0 radical (unpaired) electrons. The van der Waals surface area contributed by atoms with E-state index in [-0.39, 0.29) is 10.8 Å². The molecular weight excluding hydrogens is 356 g/mol. The van der Waals surface area contributed by atoms with Crippen LogP contribution >= 0.6 is 0 Å². The van der Waals surface area contributed by atoms with E-state index in [1.54, 1.807) is 0 Å². The summed E-state index contributed by atoms with van der Waals surface area (Å²) in [6.07, 6.45) is 1.52. The van der Waals surface area contributed by atoms with E-state index >= 15 is 0 Å². The van der Waals surface area contributed by atoms with Gasteiger partial charge in [0.1, 0.15) is 11.7 Å². The van der Waals surface area contributed by atoms with Gasteiger partial charge in [0.15, 0.2) is 5.58 Å². The Morgan fingerprint density at radius 2 is 1.72 bits per heavy atom. The minimum absolute atomic E-state index is 0.183. The Labute approximate surface area is 170 Å². The molecule has 4 aromatic rings. The Hall–Kier alpha value is -2.94. The van der Waals surface area contributed by atoms with Gasteiger partial charge in [0.25, 0.3) is 0 Å². The molecule has 144 valence electrons. The molecule has 3 nitrogen and oxygen atoms in total. The Balaban J connectivity index is 1.63.